The number of aliphatic hydroxyl groups excluding tert-OH is 1. The zero-order valence-electron chi connectivity index (χ0n) is 8.72. The molecular weight excluding hydrogens is 215 g/mol. The van der Waals surface area contributed by atoms with Crippen molar-refractivity contribution >= 4 is 5.97 Å². The molecule has 3 N–H and O–H groups in total. The van der Waals surface area contributed by atoms with E-state index in [0.29, 0.717) is 0 Å². The van der Waals surface area contributed by atoms with Crippen LogP contribution in [0.4, 0.5) is 4.39 Å². The molecule has 1 aromatic carbocycles. The van der Waals surface area contributed by atoms with Gasteiger partial charge in [0.2, 0.25) is 0 Å². The van der Waals surface area contributed by atoms with Gasteiger partial charge in [-0.1, -0.05) is 25.1 Å². The second-order valence-corrected chi connectivity index (χ2v) is 3.51. The number of benzene rings is 1. The van der Waals surface area contributed by atoms with Gasteiger partial charge in [-0.25, -0.2) is 9.18 Å². The smallest absolute Gasteiger partial charge is 0.338 e. The number of halogens is 1. The van der Waals surface area contributed by atoms with E-state index in [9.17, 15) is 19.4 Å². The first-order valence-electron chi connectivity index (χ1n) is 4.81. The molecule has 16 heavy (non-hydrogen) atoms. The lowest BCUT2D eigenvalue weighted by Gasteiger charge is -2.27. The maximum Gasteiger partial charge on any atom is 0.338 e. The summed E-state index contributed by atoms with van der Waals surface area (Å²) in [5, 5.41) is 28.3. The minimum atomic E-state index is -2.37. The van der Waals surface area contributed by atoms with Crippen LogP contribution in [0.25, 0.3) is 0 Å². The minimum Gasteiger partial charge on any atom is -0.479 e. The largest absolute Gasteiger partial charge is 0.479 e. The highest BCUT2D eigenvalue weighted by Crippen LogP contribution is 2.30. The third-order valence-electron chi connectivity index (χ3n) is 2.56. The molecule has 0 bridgehead atoms. The Morgan fingerprint density at radius 1 is 1.50 bits per heavy atom. The molecule has 88 valence electrons. The SMILES string of the molecule is CC[C@](O)(C(=O)O)[C@H](O)c1ccccc1F. The van der Waals surface area contributed by atoms with Crippen LogP contribution in [0, 0.1) is 5.82 Å². The van der Waals surface area contributed by atoms with Crippen molar-refractivity contribution < 1.29 is 24.5 Å². The first-order valence-corrected chi connectivity index (χ1v) is 4.81. The number of carboxylic acids is 1. The Morgan fingerprint density at radius 2 is 2.06 bits per heavy atom. The minimum absolute atomic E-state index is 0.224. The van der Waals surface area contributed by atoms with E-state index in [-0.39, 0.29) is 12.0 Å². The van der Waals surface area contributed by atoms with Crippen LogP contribution in [0.5, 0.6) is 0 Å². The molecule has 0 fully saturated rings. The summed E-state index contributed by atoms with van der Waals surface area (Å²) in [6.07, 6.45) is -2.02. The van der Waals surface area contributed by atoms with Gasteiger partial charge in [0.1, 0.15) is 11.9 Å². The molecule has 0 unspecified atom stereocenters. The van der Waals surface area contributed by atoms with Gasteiger partial charge in [0, 0.05) is 5.56 Å². The van der Waals surface area contributed by atoms with Gasteiger partial charge >= 0.3 is 5.97 Å². The summed E-state index contributed by atoms with van der Waals surface area (Å²) in [5.74, 6) is -2.33. The molecule has 0 saturated heterocycles. The molecular formula is C11H13FO4. The van der Waals surface area contributed by atoms with E-state index < -0.39 is 23.5 Å². The molecule has 0 spiro atoms. The van der Waals surface area contributed by atoms with Gasteiger partial charge in [0.25, 0.3) is 0 Å². The standard InChI is InChI=1S/C11H13FO4/c1-2-11(16,10(14)15)9(13)7-5-3-4-6-8(7)12/h3-6,9,13,16H,2H2,1H3,(H,14,15)/t9-,11-/m1/s1. The molecule has 0 aromatic heterocycles. The summed E-state index contributed by atoms with van der Waals surface area (Å²) < 4.78 is 13.3. The summed E-state index contributed by atoms with van der Waals surface area (Å²) in [6, 6.07) is 5.21. The van der Waals surface area contributed by atoms with Crippen molar-refractivity contribution in [3.63, 3.8) is 0 Å². The average molecular weight is 228 g/mol. The van der Waals surface area contributed by atoms with E-state index in [1.54, 1.807) is 0 Å². The Balaban J connectivity index is 3.15. The fraction of sp³-hybridized carbons (Fsp3) is 0.364. The molecule has 1 aromatic rings. The third-order valence-corrected chi connectivity index (χ3v) is 2.56. The van der Waals surface area contributed by atoms with E-state index in [1.807, 2.05) is 0 Å². The van der Waals surface area contributed by atoms with Crippen LogP contribution >= 0.6 is 0 Å². The summed E-state index contributed by atoms with van der Waals surface area (Å²) in [4.78, 5) is 10.8. The van der Waals surface area contributed by atoms with E-state index >= 15 is 0 Å². The fourth-order valence-corrected chi connectivity index (χ4v) is 1.42. The molecule has 0 radical (unpaired) electrons. The molecule has 0 aliphatic rings. The van der Waals surface area contributed by atoms with Crippen LogP contribution < -0.4 is 0 Å². The van der Waals surface area contributed by atoms with Crippen molar-refractivity contribution in [1.29, 1.82) is 0 Å². The Bertz CT molecular complexity index is 393. The second kappa shape index (κ2) is 4.59. The van der Waals surface area contributed by atoms with E-state index in [0.717, 1.165) is 6.07 Å². The van der Waals surface area contributed by atoms with E-state index in [1.165, 1.54) is 25.1 Å². The van der Waals surface area contributed by atoms with Crippen LogP contribution in [-0.4, -0.2) is 26.9 Å². The van der Waals surface area contributed by atoms with Crippen molar-refractivity contribution in [3.05, 3.63) is 35.6 Å². The number of carbonyl (C=O) groups is 1. The van der Waals surface area contributed by atoms with Crippen LogP contribution in [-0.2, 0) is 4.79 Å². The van der Waals surface area contributed by atoms with Gasteiger partial charge < -0.3 is 15.3 Å². The number of aliphatic carboxylic acids is 1. The van der Waals surface area contributed by atoms with Gasteiger partial charge in [-0.15, -0.1) is 0 Å². The Morgan fingerprint density at radius 3 is 2.50 bits per heavy atom. The van der Waals surface area contributed by atoms with Gasteiger partial charge in [0.05, 0.1) is 0 Å². The van der Waals surface area contributed by atoms with Crippen LogP contribution in [0.2, 0.25) is 0 Å². The zero-order valence-corrected chi connectivity index (χ0v) is 8.72. The molecule has 0 heterocycles. The topological polar surface area (TPSA) is 77.8 Å². The van der Waals surface area contributed by atoms with Crippen molar-refractivity contribution in [3.8, 4) is 0 Å². The summed E-state index contributed by atoms with van der Waals surface area (Å²) in [6.45, 7) is 1.40. The molecule has 1 rings (SSSR count). The number of hydrogen-bond donors (Lipinski definition) is 3. The number of carboxylic acid groups (broad SMARTS) is 1. The van der Waals surface area contributed by atoms with Gasteiger partial charge in [-0.2, -0.15) is 0 Å². The van der Waals surface area contributed by atoms with E-state index in [4.69, 9.17) is 5.11 Å². The fourth-order valence-electron chi connectivity index (χ4n) is 1.42. The van der Waals surface area contributed by atoms with Crippen LogP contribution in [0.1, 0.15) is 25.0 Å². The Hall–Kier alpha value is -1.46. The maximum absolute atomic E-state index is 13.3. The average Bonchev–Trinajstić information content (AvgIpc) is 2.27. The van der Waals surface area contributed by atoms with Gasteiger partial charge in [-0.05, 0) is 12.5 Å². The molecule has 4 nitrogen and oxygen atoms in total. The third kappa shape index (κ3) is 2.05. The quantitative estimate of drug-likeness (QED) is 0.720. The Labute approximate surface area is 92.0 Å². The predicted octanol–water partition coefficient (Wildman–Crippen LogP) is 1.08. The molecule has 0 aliphatic carbocycles. The maximum atomic E-state index is 13.3. The van der Waals surface area contributed by atoms with Crippen LogP contribution in [0.3, 0.4) is 0 Å². The van der Waals surface area contributed by atoms with Crippen molar-refractivity contribution in [2.24, 2.45) is 0 Å². The monoisotopic (exact) mass is 228 g/mol. The van der Waals surface area contributed by atoms with Crippen LogP contribution in [0.15, 0.2) is 24.3 Å². The number of aliphatic hydroxyl groups is 2. The zero-order chi connectivity index (χ0) is 12.3. The Kier molecular flexibility index (Phi) is 3.62. The molecule has 0 aliphatic heterocycles. The molecule has 2 atom stereocenters. The van der Waals surface area contributed by atoms with Crippen molar-refractivity contribution in [2.75, 3.05) is 0 Å². The lowest BCUT2D eigenvalue weighted by Crippen LogP contribution is -2.44. The number of rotatable bonds is 4. The first-order chi connectivity index (χ1) is 7.43. The van der Waals surface area contributed by atoms with E-state index in [2.05, 4.69) is 0 Å². The molecule has 0 saturated carbocycles. The lowest BCUT2D eigenvalue weighted by molar-refractivity contribution is -0.173. The lowest BCUT2D eigenvalue weighted by atomic mass is 9.88. The summed E-state index contributed by atoms with van der Waals surface area (Å²) >= 11 is 0. The van der Waals surface area contributed by atoms with Gasteiger partial charge in [0.15, 0.2) is 5.60 Å². The molecule has 0 amide bonds. The van der Waals surface area contributed by atoms with Crippen molar-refractivity contribution in [1.82, 2.24) is 0 Å². The number of hydrogen-bond acceptors (Lipinski definition) is 3. The first kappa shape index (κ1) is 12.6. The van der Waals surface area contributed by atoms with Crippen molar-refractivity contribution in [2.45, 2.75) is 25.0 Å². The predicted molar refractivity (Wildman–Crippen MR) is 54.2 cm³/mol. The summed E-state index contributed by atoms with van der Waals surface area (Å²) in [7, 11) is 0. The van der Waals surface area contributed by atoms with Gasteiger partial charge in [-0.3, -0.25) is 0 Å². The summed E-state index contributed by atoms with van der Waals surface area (Å²) in [5.41, 5.74) is -2.60. The molecule has 5 heteroatoms. The highest BCUT2D eigenvalue weighted by molar-refractivity contribution is 5.78. The highest BCUT2D eigenvalue weighted by Gasteiger charge is 2.43. The second-order valence-electron chi connectivity index (χ2n) is 3.51. The highest BCUT2D eigenvalue weighted by atomic mass is 19.1. The normalized spacial score (nSPS) is 16.5.